The van der Waals surface area contributed by atoms with Crippen LogP contribution in [0.2, 0.25) is 0 Å². The molecule has 114 valence electrons. The number of carbonyl (C=O) groups is 1. The molecule has 0 aromatic carbocycles. The van der Waals surface area contributed by atoms with Gasteiger partial charge in [0.1, 0.15) is 0 Å². The smallest absolute Gasteiger partial charge is 0.316 e. The van der Waals surface area contributed by atoms with Gasteiger partial charge in [0.25, 0.3) is 0 Å². The standard InChI is InChI=1S/C16H32O2S/c1-2-3-4-5-6-7-8-9-10-11-12-13-14-15(19)16(17)18/h15,19H,2-14H2,1H3,(H,17,18)/t15-/m0/s1. The number of rotatable bonds is 14. The highest BCUT2D eigenvalue weighted by molar-refractivity contribution is 7.81. The van der Waals surface area contributed by atoms with Gasteiger partial charge in [-0.05, 0) is 6.42 Å². The number of hydrogen-bond acceptors (Lipinski definition) is 2. The molecule has 0 aliphatic carbocycles. The summed E-state index contributed by atoms with van der Waals surface area (Å²) in [5.41, 5.74) is 0. The lowest BCUT2D eigenvalue weighted by Gasteiger charge is -2.05. The number of thiol groups is 1. The molecule has 2 nitrogen and oxygen atoms in total. The zero-order valence-electron chi connectivity index (χ0n) is 12.6. The molecule has 0 aliphatic rings. The van der Waals surface area contributed by atoms with Crippen molar-refractivity contribution in [1.29, 1.82) is 0 Å². The quantitative estimate of drug-likeness (QED) is 0.329. The summed E-state index contributed by atoms with van der Waals surface area (Å²) >= 11 is 4.03. The molecule has 0 rings (SSSR count). The van der Waals surface area contributed by atoms with Gasteiger partial charge < -0.3 is 5.11 Å². The molecule has 0 bridgehead atoms. The Morgan fingerprint density at radius 1 is 0.842 bits per heavy atom. The first-order valence-electron chi connectivity index (χ1n) is 8.09. The minimum atomic E-state index is -0.786. The van der Waals surface area contributed by atoms with Crippen LogP contribution in [0.1, 0.15) is 90.4 Å². The van der Waals surface area contributed by atoms with Gasteiger partial charge in [-0.3, -0.25) is 4.79 Å². The van der Waals surface area contributed by atoms with Crippen molar-refractivity contribution in [2.45, 2.75) is 95.6 Å². The van der Waals surface area contributed by atoms with Crippen LogP contribution >= 0.6 is 12.6 Å². The largest absolute Gasteiger partial charge is 0.480 e. The van der Waals surface area contributed by atoms with Crippen molar-refractivity contribution in [2.75, 3.05) is 0 Å². The van der Waals surface area contributed by atoms with Gasteiger partial charge in [0.2, 0.25) is 0 Å². The van der Waals surface area contributed by atoms with Crippen LogP contribution in [-0.4, -0.2) is 16.3 Å². The van der Waals surface area contributed by atoms with E-state index in [-0.39, 0.29) is 0 Å². The van der Waals surface area contributed by atoms with Gasteiger partial charge >= 0.3 is 5.97 Å². The maximum Gasteiger partial charge on any atom is 0.316 e. The molecule has 0 saturated heterocycles. The number of carboxylic acid groups (broad SMARTS) is 1. The highest BCUT2D eigenvalue weighted by Gasteiger charge is 2.10. The highest BCUT2D eigenvalue weighted by atomic mass is 32.1. The van der Waals surface area contributed by atoms with E-state index in [0.717, 1.165) is 12.8 Å². The van der Waals surface area contributed by atoms with Crippen LogP contribution in [-0.2, 0) is 4.79 Å². The third kappa shape index (κ3) is 14.0. The SMILES string of the molecule is CCCCCCCCCCCCCC[C@H](S)C(=O)O. The van der Waals surface area contributed by atoms with Crippen molar-refractivity contribution >= 4 is 18.6 Å². The molecule has 1 N–H and O–H groups in total. The Morgan fingerprint density at radius 3 is 1.58 bits per heavy atom. The fraction of sp³-hybridized carbons (Fsp3) is 0.938. The van der Waals surface area contributed by atoms with E-state index in [2.05, 4.69) is 19.6 Å². The van der Waals surface area contributed by atoms with Crippen molar-refractivity contribution < 1.29 is 9.90 Å². The van der Waals surface area contributed by atoms with Crippen LogP contribution in [0.15, 0.2) is 0 Å². The molecule has 1 atom stereocenters. The third-order valence-corrected chi connectivity index (χ3v) is 4.10. The lowest BCUT2D eigenvalue weighted by Crippen LogP contribution is -2.12. The van der Waals surface area contributed by atoms with E-state index in [1.165, 1.54) is 64.2 Å². The molecular weight excluding hydrogens is 256 g/mol. The summed E-state index contributed by atoms with van der Waals surface area (Å²) < 4.78 is 0. The topological polar surface area (TPSA) is 37.3 Å². The van der Waals surface area contributed by atoms with Gasteiger partial charge in [-0.1, -0.05) is 84.0 Å². The summed E-state index contributed by atoms with van der Waals surface area (Å²) in [6.45, 7) is 2.26. The van der Waals surface area contributed by atoms with Gasteiger partial charge in [-0.25, -0.2) is 0 Å². The lowest BCUT2D eigenvalue weighted by atomic mass is 10.0. The molecule has 0 saturated carbocycles. The van der Waals surface area contributed by atoms with E-state index in [0.29, 0.717) is 6.42 Å². The van der Waals surface area contributed by atoms with Crippen LogP contribution in [0.5, 0.6) is 0 Å². The molecular formula is C16H32O2S. The summed E-state index contributed by atoms with van der Waals surface area (Å²) in [5, 5.41) is 8.21. The Morgan fingerprint density at radius 2 is 1.21 bits per heavy atom. The number of hydrogen-bond donors (Lipinski definition) is 2. The van der Waals surface area contributed by atoms with Gasteiger partial charge in [0.05, 0.1) is 5.25 Å². The predicted molar refractivity (Wildman–Crippen MR) is 86.1 cm³/mol. The molecule has 0 amide bonds. The van der Waals surface area contributed by atoms with E-state index in [1.54, 1.807) is 0 Å². The first kappa shape index (κ1) is 18.8. The molecule has 0 radical (unpaired) electrons. The molecule has 19 heavy (non-hydrogen) atoms. The van der Waals surface area contributed by atoms with Gasteiger partial charge in [0.15, 0.2) is 0 Å². The van der Waals surface area contributed by atoms with Crippen LogP contribution in [0.4, 0.5) is 0 Å². The van der Waals surface area contributed by atoms with Crippen LogP contribution in [0.3, 0.4) is 0 Å². The molecule has 0 spiro atoms. The minimum absolute atomic E-state index is 0.469. The number of unbranched alkanes of at least 4 members (excludes halogenated alkanes) is 11. The van der Waals surface area contributed by atoms with Gasteiger partial charge in [-0.15, -0.1) is 0 Å². The summed E-state index contributed by atoms with van der Waals surface area (Å²) in [6, 6.07) is 0. The summed E-state index contributed by atoms with van der Waals surface area (Å²) in [6.07, 6.45) is 16.5. The molecule has 0 fully saturated rings. The fourth-order valence-electron chi connectivity index (χ4n) is 2.30. The zero-order valence-corrected chi connectivity index (χ0v) is 13.5. The van der Waals surface area contributed by atoms with Gasteiger partial charge in [0, 0.05) is 0 Å². The Bertz CT molecular complexity index is 207. The Kier molecular flexibility index (Phi) is 14.1. The monoisotopic (exact) mass is 288 g/mol. The Labute approximate surface area is 124 Å². The second-order valence-electron chi connectivity index (χ2n) is 5.53. The molecule has 0 unspecified atom stereocenters. The maximum atomic E-state index is 10.6. The van der Waals surface area contributed by atoms with E-state index < -0.39 is 11.2 Å². The van der Waals surface area contributed by atoms with Crippen LogP contribution in [0.25, 0.3) is 0 Å². The van der Waals surface area contributed by atoms with Crippen LogP contribution < -0.4 is 0 Å². The van der Waals surface area contributed by atoms with Gasteiger partial charge in [-0.2, -0.15) is 12.6 Å². The van der Waals surface area contributed by atoms with Crippen molar-refractivity contribution in [2.24, 2.45) is 0 Å². The number of carboxylic acids is 1. The molecule has 3 heteroatoms. The third-order valence-electron chi connectivity index (χ3n) is 3.62. The molecule has 0 aromatic rings. The second kappa shape index (κ2) is 14.2. The normalized spacial score (nSPS) is 12.5. The predicted octanol–water partition coefficient (Wildman–Crippen LogP) is 5.46. The zero-order chi connectivity index (χ0) is 14.3. The minimum Gasteiger partial charge on any atom is -0.480 e. The van der Waals surface area contributed by atoms with E-state index in [4.69, 9.17) is 5.11 Å². The summed E-state index contributed by atoms with van der Waals surface area (Å²) in [7, 11) is 0. The lowest BCUT2D eigenvalue weighted by molar-refractivity contribution is -0.136. The van der Waals surface area contributed by atoms with Crippen molar-refractivity contribution in [3.8, 4) is 0 Å². The number of aliphatic carboxylic acids is 1. The summed E-state index contributed by atoms with van der Waals surface area (Å²) in [4.78, 5) is 10.6. The van der Waals surface area contributed by atoms with Crippen molar-refractivity contribution in [3.05, 3.63) is 0 Å². The van der Waals surface area contributed by atoms with Crippen LogP contribution in [0, 0.1) is 0 Å². The highest BCUT2D eigenvalue weighted by Crippen LogP contribution is 2.14. The Balaban J connectivity index is 3.05. The Hall–Kier alpha value is -0.180. The average molecular weight is 288 g/mol. The molecule has 0 aliphatic heterocycles. The second-order valence-corrected chi connectivity index (χ2v) is 6.16. The first-order chi connectivity index (χ1) is 9.18. The van der Waals surface area contributed by atoms with Crippen molar-refractivity contribution in [1.82, 2.24) is 0 Å². The molecule has 0 aromatic heterocycles. The maximum absolute atomic E-state index is 10.6. The summed E-state index contributed by atoms with van der Waals surface area (Å²) in [5.74, 6) is -0.786. The first-order valence-corrected chi connectivity index (χ1v) is 8.61. The molecule has 0 heterocycles. The van der Waals surface area contributed by atoms with E-state index in [9.17, 15) is 4.79 Å². The van der Waals surface area contributed by atoms with E-state index in [1.807, 2.05) is 0 Å². The average Bonchev–Trinajstić information content (AvgIpc) is 2.39. The van der Waals surface area contributed by atoms with Crippen molar-refractivity contribution in [3.63, 3.8) is 0 Å². The van der Waals surface area contributed by atoms with E-state index >= 15 is 0 Å². The fourth-order valence-corrected chi connectivity index (χ4v) is 2.48.